The van der Waals surface area contributed by atoms with Gasteiger partial charge in [0, 0.05) is 49.8 Å². The molecule has 0 aromatic rings. The maximum atomic E-state index is 5.40. The Kier molecular flexibility index (Phi) is 11.7. The van der Waals surface area contributed by atoms with E-state index in [0.29, 0.717) is 5.54 Å². The smallest absolute Gasteiger partial charge is 0.191 e. The number of ether oxygens (including phenoxy) is 1. The summed E-state index contributed by atoms with van der Waals surface area (Å²) in [7, 11) is 0. The second-order valence-corrected chi connectivity index (χ2v) is 7.57. The maximum absolute atomic E-state index is 5.40. The summed E-state index contributed by atoms with van der Waals surface area (Å²) < 4.78 is 5.40. The zero-order chi connectivity index (χ0) is 16.4. The van der Waals surface area contributed by atoms with Crippen LogP contribution in [0, 0.1) is 0 Å². The number of rotatable bonds is 8. The molecule has 0 radical (unpaired) electrons. The molecule has 0 unspecified atom stereocenters. The molecule has 1 aliphatic heterocycles. The number of thioether (sulfide) groups is 1. The number of nitrogens with zero attached hydrogens (tertiary/aromatic N) is 2. The standard InChI is InChI=1S/C17H34N4OS.HI/c1-3-18-16(19-9-12-22-4-2)20-15-17(7-5-6-8-17)21-10-13-23-14-11-21;/h3-15H2,1-2H3,(H2,18,19,20);1H. The fourth-order valence-electron chi connectivity index (χ4n) is 3.60. The van der Waals surface area contributed by atoms with Gasteiger partial charge in [0.1, 0.15) is 0 Å². The molecule has 1 heterocycles. The third-order valence-electron chi connectivity index (χ3n) is 4.83. The molecule has 142 valence electrons. The Morgan fingerprint density at radius 3 is 2.50 bits per heavy atom. The third kappa shape index (κ3) is 6.88. The van der Waals surface area contributed by atoms with Gasteiger partial charge in [0.15, 0.2) is 5.96 Å². The predicted octanol–water partition coefficient (Wildman–Crippen LogP) is 2.56. The summed E-state index contributed by atoms with van der Waals surface area (Å²) in [5.41, 5.74) is 0.309. The lowest BCUT2D eigenvalue weighted by Gasteiger charge is -2.42. The van der Waals surface area contributed by atoms with Crippen LogP contribution in [-0.2, 0) is 4.74 Å². The molecule has 2 N–H and O–H groups in total. The van der Waals surface area contributed by atoms with E-state index >= 15 is 0 Å². The Morgan fingerprint density at radius 1 is 1.17 bits per heavy atom. The van der Waals surface area contributed by atoms with Crippen molar-refractivity contribution in [3.8, 4) is 0 Å². The first-order chi connectivity index (χ1) is 11.3. The quantitative estimate of drug-likeness (QED) is 0.247. The molecular formula is C17H35IN4OS. The Morgan fingerprint density at radius 2 is 1.88 bits per heavy atom. The monoisotopic (exact) mass is 470 g/mol. The van der Waals surface area contributed by atoms with Crippen molar-refractivity contribution in [3.05, 3.63) is 0 Å². The molecule has 0 spiro atoms. The Balaban J connectivity index is 0.00000288. The first-order valence-corrected chi connectivity index (χ1v) is 10.4. The van der Waals surface area contributed by atoms with Gasteiger partial charge in [-0.1, -0.05) is 12.8 Å². The van der Waals surface area contributed by atoms with E-state index in [4.69, 9.17) is 9.73 Å². The first kappa shape index (κ1) is 22.3. The van der Waals surface area contributed by atoms with E-state index in [1.54, 1.807) is 0 Å². The average Bonchev–Trinajstić information content (AvgIpc) is 3.07. The van der Waals surface area contributed by atoms with Gasteiger partial charge in [0.25, 0.3) is 0 Å². The van der Waals surface area contributed by atoms with Gasteiger partial charge in [-0.3, -0.25) is 9.89 Å². The van der Waals surface area contributed by atoms with Crippen LogP contribution in [0.4, 0.5) is 0 Å². The molecule has 0 aromatic heterocycles. The van der Waals surface area contributed by atoms with E-state index in [1.807, 2.05) is 6.92 Å². The number of guanidine groups is 1. The molecule has 0 aromatic carbocycles. The summed E-state index contributed by atoms with van der Waals surface area (Å²) in [6, 6.07) is 0. The molecule has 5 nitrogen and oxygen atoms in total. The van der Waals surface area contributed by atoms with Gasteiger partial charge in [-0.25, -0.2) is 0 Å². The van der Waals surface area contributed by atoms with E-state index < -0.39 is 0 Å². The van der Waals surface area contributed by atoms with E-state index in [9.17, 15) is 0 Å². The zero-order valence-electron chi connectivity index (χ0n) is 15.3. The van der Waals surface area contributed by atoms with Crippen LogP contribution in [0.15, 0.2) is 4.99 Å². The summed E-state index contributed by atoms with van der Waals surface area (Å²) in [5.74, 6) is 3.49. The lowest BCUT2D eigenvalue weighted by molar-refractivity contribution is 0.112. The minimum Gasteiger partial charge on any atom is -0.380 e. The summed E-state index contributed by atoms with van der Waals surface area (Å²) >= 11 is 2.09. The molecule has 0 bridgehead atoms. The van der Waals surface area contributed by atoms with Crippen LogP contribution in [0.25, 0.3) is 0 Å². The van der Waals surface area contributed by atoms with Crippen LogP contribution >= 0.6 is 35.7 Å². The summed E-state index contributed by atoms with van der Waals surface area (Å²) in [4.78, 5) is 7.66. The van der Waals surface area contributed by atoms with Crippen LogP contribution in [0.1, 0.15) is 39.5 Å². The van der Waals surface area contributed by atoms with E-state index in [0.717, 1.165) is 38.8 Å². The predicted molar refractivity (Wildman–Crippen MR) is 116 cm³/mol. The van der Waals surface area contributed by atoms with Crippen LogP contribution in [0.5, 0.6) is 0 Å². The fourth-order valence-corrected chi connectivity index (χ4v) is 4.50. The second-order valence-electron chi connectivity index (χ2n) is 6.35. The van der Waals surface area contributed by atoms with Gasteiger partial charge >= 0.3 is 0 Å². The van der Waals surface area contributed by atoms with Gasteiger partial charge in [0.05, 0.1) is 13.2 Å². The van der Waals surface area contributed by atoms with E-state index in [2.05, 4.69) is 34.2 Å². The normalized spacial score (nSPS) is 21.3. The van der Waals surface area contributed by atoms with E-state index in [1.165, 1.54) is 50.3 Å². The van der Waals surface area contributed by atoms with Crippen molar-refractivity contribution in [2.45, 2.75) is 45.1 Å². The third-order valence-corrected chi connectivity index (χ3v) is 5.78. The Labute approximate surface area is 169 Å². The van der Waals surface area contributed by atoms with Crippen molar-refractivity contribution in [3.63, 3.8) is 0 Å². The number of hydrogen-bond donors (Lipinski definition) is 2. The lowest BCUT2D eigenvalue weighted by Crippen LogP contribution is -2.53. The second kappa shape index (κ2) is 12.6. The van der Waals surface area contributed by atoms with Crippen molar-refractivity contribution in [2.75, 3.05) is 57.4 Å². The zero-order valence-corrected chi connectivity index (χ0v) is 18.5. The molecule has 2 aliphatic rings. The summed E-state index contributed by atoms with van der Waals surface area (Å²) in [6.07, 6.45) is 5.32. The fraction of sp³-hybridized carbons (Fsp3) is 0.941. The van der Waals surface area contributed by atoms with Gasteiger partial charge in [-0.15, -0.1) is 24.0 Å². The van der Waals surface area contributed by atoms with Crippen LogP contribution < -0.4 is 10.6 Å². The van der Waals surface area contributed by atoms with Crippen LogP contribution in [0.3, 0.4) is 0 Å². The summed E-state index contributed by atoms with van der Waals surface area (Å²) in [5, 5.41) is 6.76. The molecule has 24 heavy (non-hydrogen) atoms. The maximum Gasteiger partial charge on any atom is 0.191 e. The molecular weight excluding hydrogens is 435 g/mol. The Hall–Kier alpha value is 0.270. The van der Waals surface area contributed by atoms with Gasteiger partial charge < -0.3 is 15.4 Å². The number of aliphatic imine (C=N–C) groups is 1. The van der Waals surface area contributed by atoms with Crippen molar-refractivity contribution < 1.29 is 4.74 Å². The molecule has 0 atom stereocenters. The average molecular weight is 470 g/mol. The minimum absolute atomic E-state index is 0. The van der Waals surface area contributed by atoms with Gasteiger partial charge in [-0.05, 0) is 26.7 Å². The molecule has 1 saturated carbocycles. The number of hydrogen-bond acceptors (Lipinski definition) is 4. The van der Waals surface area contributed by atoms with Crippen molar-refractivity contribution in [2.24, 2.45) is 4.99 Å². The molecule has 2 rings (SSSR count). The number of halogens is 1. The molecule has 7 heteroatoms. The van der Waals surface area contributed by atoms with Gasteiger partial charge in [-0.2, -0.15) is 11.8 Å². The topological polar surface area (TPSA) is 48.9 Å². The molecule has 1 saturated heterocycles. The summed E-state index contributed by atoms with van der Waals surface area (Å²) in [6.45, 7) is 10.7. The molecule has 0 amide bonds. The van der Waals surface area contributed by atoms with Crippen molar-refractivity contribution in [1.29, 1.82) is 0 Å². The Bertz CT molecular complexity index is 358. The first-order valence-electron chi connectivity index (χ1n) is 9.23. The highest BCUT2D eigenvalue weighted by Crippen LogP contribution is 2.37. The van der Waals surface area contributed by atoms with Crippen LogP contribution in [-0.4, -0.2) is 73.8 Å². The highest BCUT2D eigenvalue weighted by molar-refractivity contribution is 14.0. The minimum atomic E-state index is 0. The lowest BCUT2D eigenvalue weighted by atomic mass is 9.95. The highest BCUT2D eigenvalue weighted by Gasteiger charge is 2.39. The highest BCUT2D eigenvalue weighted by atomic mass is 127. The van der Waals surface area contributed by atoms with E-state index in [-0.39, 0.29) is 24.0 Å². The molecule has 1 aliphatic carbocycles. The SMILES string of the molecule is CCNC(=NCC1(N2CCSCC2)CCCC1)NCCOCC.I. The van der Waals surface area contributed by atoms with Gasteiger partial charge in [0.2, 0.25) is 0 Å². The molecule has 2 fully saturated rings. The number of nitrogens with one attached hydrogen (secondary N) is 2. The van der Waals surface area contributed by atoms with Crippen molar-refractivity contribution in [1.82, 2.24) is 15.5 Å². The van der Waals surface area contributed by atoms with Crippen LogP contribution in [0.2, 0.25) is 0 Å². The largest absolute Gasteiger partial charge is 0.380 e. The van der Waals surface area contributed by atoms with Crippen molar-refractivity contribution >= 4 is 41.7 Å².